The summed E-state index contributed by atoms with van der Waals surface area (Å²) in [5, 5.41) is 9.94. The highest BCUT2D eigenvalue weighted by Crippen LogP contribution is 2.42. The van der Waals surface area contributed by atoms with Crippen molar-refractivity contribution >= 4 is 5.82 Å². The maximum Gasteiger partial charge on any atom is 0.142 e. The number of ether oxygens (including phenoxy) is 2. The first kappa shape index (κ1) is 21.0. The monoisotopic (exact) mass is 421 g/mol. The Morgan fingerprint density at radius 1 is 0.938 bits per heavy atom. The fraction of sp³-hybridized carbons (Fsp3) is 0.111. The van der Waals surface area contributed by atoms with Crippen LogP contribution >= 0.6 is 0 Å². The third kappa shape index (κ3) is 4.12. The number of hydrogen-bond acceptors (Lipinski definition) is 5. The van der Waals surface area contributed by atoms with Gasteiger partial charge in [-0.2, -0.15) is 5.26 Å². The zero-order valence-electron chi connectivity index (χ0n) is 18.0. The van der Waals surface area contributed by atoms with Crippen LogP contribution in [0.4, 0.5) is 5.82 Å². The van der Waals surface area contributed by atoms with Gasteiger partial charge in [0.05, 0.1) is 7.11 Å². The summed E-state index contributed by atoms with van der Waals surface area (Å²) in [5.41, 5.74) is 11.5. The number of para-hydroxylation sites is 1. The molecular formula is C27H23N3O2. The number of methoxy groups -OCH3 is 1. The third-order valence-corrected chi connectivity index (χ3v) is 5.27. The van der Waals surface area contributed by atoms with E-state index in [1.807, 2.05) is 85.8 Å². The van der Waals surface area contributed by atoms with Crippen LogP contribution in [0.5, 0.6) is 11.5 Å². The molecule has 158 valence electrons. The van der Waals surface area contributed by atoms with Gasteiger partial charge in [0.15, 0.2) is 0 Å². The van der Waals surface area contributed by atoms with E-state index in [0.29, 0.717) is 29.2 Å². The topological polar surface area (TPSA) is 81.2 Å². The Kier molecular flexibility index (Phi) is 6.05. The second kappa shape index (κ2) is 9.23. The summed E-state index contributed by atoms with van der Waals surface area (Å²) >= 11 is 0. The predicted octanol–water partition coefficient (Wildman–Crippen LogP) is 5.77. The van der Waals surface area contributed by atoms with Crippen molar-refractivity contribution in [1.29, 1.82) is 5.26 Å². The van der Waals surface area contributed by atoms with E-state index in [4.69, 9.17) is 15.2 Å². The minimum atomic E-state index is 0.203. The molecule has 0 radical (unpaired) electrons. The van der Waals surface area contributed by atoms with Crippen molar-refractivity contribution in [2.75, 3.05) is 12.8 Å². The van der Waals surface area contributed by atoms with Crippen molar-refractivity contribution in [2.45, 2.75) is 13.5 Å². The van der Waals surface area contributed by atoms with E-state index in [1.165, 1.54) is 0 Å². The van der Waals surface area contributed by atoms with Crippen molar-refractivity contribution < 1.29 is 9.47 Å². The summed E-state index contributed by atoms with van der Waals surface area (Å²) in [7, 11) is 1.63. The molecule has 3 aromatic carbocycles. The Morgan fingerprint density at radius 2 is 1.69 bits per heavy atom. The number of nitrogen functional groups attached to an aromatic ring is 1. The smallest absolute Gasteiger partial charge is 0.142 e. The van der Waals surface area contributed by atoms with E-state index < -0.39 is 0 Å². The molecule has 1 aromatic heterocycles. The number of aryl methyl sites for hydroxylation is 1. The van der Waals surface area contributed by atoms with Gasteiger partial charge in [-0.1, -0.05) is 60.7 Å². The lowest BCUT2D eigenvalue weighted by Gasteiger charge is -2.18. The van der Waals surface area contributed by atoms with Gasteiger partial charge in [-0.3, -0.25) is 0 Å². The Bertz CT molecular complexity index is 1290. The normalized spacial score (nSPS) is 10.4. The number of pyridine rings is 1. The molecule has 4 aromatic rings. The average molecular weight is 422 g/mol. The minimum Gasteiger partial charge on any atom is -0.496 e. The lowest BCUT2D eigenvalue weighted by molar-refractivity contribution is 0.306. The largest absolute Gasteiger partial charge is 0.496 e. The number of rotatable bonds is 6. The van der Waals surface area contributed by atoms with Crippen molar-refractivity contribution in [3.05, 3.63) is 95.7 Å². The van der Waals surface area contributed by atoms with Gasteiger partial charge in [0.2, 0.25) is 0 Å². The van der Waals surface area contributed by atoms with Gasteiger partial charge < -0.3 is 15.2 Å². The van der Waals surface area contributed by atoms with Gasteiger partial charge in [-0.05, 0) is 36.2 Å². The molecule has 5 nitrogen and oxygen atoms in total. The number of hydrogen-bond donors (Lipinski definition) is 1. The van der Waals surface area contributed by atoms with E-state index in [2.05, 4.69) is 11.1 Å². The summed E-state index contributed by atoms with van der Waals surface area (Å²) in [6.07, 6.45) is 0. The van der Waals surface area contributed by atoms with Gasteiger partial charge in [-0.15, -0.1) is 0 Å². The van der Waals surface area contributed by atoms with Crippen LogP contribution in [-0.2, 0) is 6.61 Å². The van der Waals surface area contributed by atoms with Gasteiger partial charge in [0.1, 0.15) is 35.6 Å². The first-order valence-corrected chi connectivity index (χ1v) is 10.2. The summed E-state index contributed by atoms with van der Waals surface area (Å²) in [5.74, 6) is 1.60. The molecule has 0 fully saturated rings. The SMILES string of the molecule is COc1ccccc1-c1c(C)nc(N)c(C#N)c1-c1cccc(OCc2ccccc2)c1. The molecule has 0 bridgehead atoms. The van der Waals surface area contributed by atoms with E-state index >= 15 is 0 Å². The third-order valence-electron chi connectivity index (χ3n) is 5.27. The quantitative estimate of drug-likeness (QED) is 0.428. The van der Waals surface area contributed by atoms with Crippen molar-refractivity contribution in [2.24, 2.45) is 0 Å². The molecule has 0 aliphatic rings. The van der Waals surface area contributed by atoms with E-state index in [0.717, 1.165) is 27.9 Å². The van der Waals surface area contributed by atoms with Crippen LogP contribution in [0.3, 0.4) is 0 Å². The standard InChI is InChI=1S/C27H23N3O2/c1-18-25(22-13-6-7-14-24(22)31-2)26(23(16-28)27(29)30-18)20-11-8-12-21(15-20)32-17-19-9-4-3-5-10-19/h3-15H,17H2,1-2H3,(H2,29,30). The maximum absolute atomic E-state index is 9.94. The highest BCUT2D eigenvalue weighted by atomic mass is 16.5. The lowest BCUT2D eigenvalue weighted by Crippen LogP contribution is -2.04. The molecule has 5 heteroatoms. The Hall–Kier alpha value is -4.30. The Balaban J connectivity index is 1.85. The highest BCUT2D eigenvalue weighted by molar-refractivity contribution is 5.93. The van der Waals surface area contributed by atoms with E-state index in [1.54, 1.807) is 7.11 Å². The first-order chi connectivity index (χ1) is 15.6. The van der Waals surface area contributed by atoms with Crippen LogP contribution < -0.4 is 15.2 Å². The zero-order valence-corrected chi connectivity index (χ0v) is 18.0. The fourth-order valence-corrected chi connectivity index (χ4v) is 3.79. The number of nitriles is 1. The summed E-state index contributed by atoms with van der Waals surface area (Å²) in [6, 6.07) is 27.6. The molecule has 0 saturated heterocycles. The molecule has 0 saturated carbocycles. The molecule has 4 rings (SSSR count). The minimum absolute atomic E-state index is 0.203. The van der Waals surface area contributed by atoms with Crippen LogP contribution in [0.15, 0.2) is 78.9 Å². The molecule has 0 aliphatic carbocycles. The number of aromatic nitrogens is 1. The summed E-state index contributed by atoms with van der Waals surface area (Å²) in [4.78, 5) is 4.45. The summed E-state index contributed by atoms with van der Waals surface area (Å²) in [6.45, 7) is 2.34. The summed E-state index contributed by atoms with van der Waals surface area (Å²) < 4.78 is 11.6. The molecule has 0 amide bonds. The van der Waals surface area contributed by atoms with Gasteiger partial charge in [0.25, 0.3) is 0 Å². The predicted molar refractivity (Wildman–Crippen MR) is 126 cm³/mol. The van der Waals surface area contributed by atoms with Crippen LogP contribution in [0.1, 0.15) is 16.8 Å². The molecule has 32 heavy (non-hydrogen) atoms. The maximum atomic E-state index is 9.94. The van der Waals surface area contributed by atoms with Crippen molar-refractivity contribution in [3.63, 3.8) is 0 Å². The molecule has 2 N–H and O–H groups in total. The van der Waals surface area contributed by atoms with Gasteiger partial charge in [-0.25, -0.2) is 4.98 Å². The van der Waals surface area contributed by atoms with Crippen molar-refractivity contribution in [3.8, 4) is 39.8 Å². The number of nitrogens with zero attached hydrogens (tertiary/aromatic N) is 2. The lowest BCUT2D eigenvalue weighted by atomic mass is 9.89. The molecular weight excluding hydrogens is 398 g/mol. The molecule has 0 unspecified atom stereocenters. The van der Waals surface area contributed by atoms with Crippen LogP contribution in [-0.4, -0.2) is 12.1 Å². The average Bonchev–Trinajstić information content (AvgIpc) is 2.83. The number of benzene rings is 3. The van der Waals surface area contributed by atoms with Crippen LogP contribution in [0.2, 0.25) is 0 Å². The first-order valence-electron chi connectivity index (χ1n) is 10.2. The number of anilines is 1. The van der Waals surface area contributed by atoms with Gasteiger partial charge in [0, 0.05) is 22.4 Å². The highest BCUT2D eigenvalue weighted by Gasteiger charge is 2.22. The van der Waals surface area contributed by atoms with E-state index in [9.17, 15) is 5.26 Å². The molecule has 0 spiro atoms. The zero-order chi connectivity index (χ0) is 22.5. The molecule has 0 atom stereocenters. The second-order valence-corrected chi connectivity index (χ2v) is 7.32. The van der Waals surface area contributed by atoms with Crippen molar-refractivity contribution in [1.82, 2.24) is 4.98 Å². The molecule has 0 aliphatic heterocycles. The van der Waals surface area contributed by atoms with Crippen LogP contribution in [0, 0.1) is 18.3 Å². The molecule has 1 heterocycles. The second-order valence-electron chi connectivity index (χ2n) is 7.32. The number of nitrogens with two attached hydrogens (primary N) is 1. The Labute approximate surface area is 187 Å². The van der Waals surface area contributed by atoms with Crippen LogP contribution in [0.25, 0.3) is 22.3 Å². The van der Waals surface area contributed by atoms with E-state index in [-0.39, 0.29) is 5.82 Å². The Morgan fingerprint density at radius 3 is 2.44 bits per heavy atom. The van der Waals surface area contributed by atoms with Gasteiger partial charge >= 0.3 is 0 Å². The fourth-order valence-electron chi connectivity index (χ4n) is 3.79.